The summed E-state index contributed by atoms with van der Waals surface area (Å²) in [4.78, 5) is 24.9. The van der Waals surface area contributed by atoms with Crippen LogP contribution in [0.1, 0.15) is 35.2 Å². The lowest BCUT2D eigenvalue weighted by Crippen LogP contribution is -2.40. The van der Waals surface area contributed by atoms with Gasteiger partial charge in [-0.05, 0) is 48.9 Å². The fourth-order valence-electron chi connectivity index (χ4n) is 3.39. The summed E-state index contributed by atoms with van der Waals surface area (Å²) in [6.45, 7) is 0.896. The van der Waals surface area contributed by atoms with Crippen LogP contribution in [-0.2, 0) is 11.0 Å². The fraction of sp³-hybridized carbons (Fsp3) is 0.500. The Morgan fingerprint density at radius 3 is 2.13 bits per heavy atom. The van der Waals surface area contributed by atoms with Crippen molar-refractivity contribution in [1.29, 1.82) is 0 Å². The predicted molar refractivity (Wildman–Crippen MR) is 74.8 cm³/mol. The molecule has 1 amide bonds. The second-order valence-electron chi connectivity index (χ2n) is 6.32. The van der Waals surface area contributed by atoms with Gasteiger partial charge in [0, 0.05) is 18.7 Å². The number of carbonyl (C=O) groups excluding carboxylic acids is 1. The van der Waals surface area contributed by atoms with Crippen molar-refractivity contribution in [3.05, 3.63) is 35.4 Å². The SMILES string of the molecule is O=C(O)C1CC12CCN(C(=O)c1ccc(C(F)(F)F)cc1)CC2. The molecule has 124 valence electrons. The van der Waals surface area contributed by atoms with Gasteiger partial charge >= 0.3 is 12.1 Å². The first-order valence-electron chi connectivity index (χ1n) is 7.42. The van der Waals surface area contributed by atoms with Crippen LogP contribution in [0.5, 0.6) is 0 Å². The van der Waals surface area contributed by atoms with Gasteiger partial charge in [-0.3, -0.25) is 9.59 Å². The molecule has 0 radical (unpaired) electrons. The summed E-state index contributed by atoms with van der Waals surface area (Å²) >= 11 is 0. The highest BCUT2D eigenvalue weighted by Crippen LogP contribution is 2.59. The van der Waals surface area contributed by atoms with E-state index in [1.165, 1.54) is 12.1 Å². The number of carboxylic acid groups (broad SMARTS) is 1. The molecule has 1 atom stereocenters. The summed E-state index contributed by atoms with van der Waals surface area (Å²) in [6, 6.07) is 4.18. The lowest BCUT2D eigenvalue weighted by atomic mass is 9.90. The maximum Gasteiger partial charge on any atom is 0.416 e. The molecule has 1 N–H and O–H groups in total. The van der Waals surface area contributed by atoms with Crippen molar-refractivity contribution in [1.82, 2.24) is 4.90 Å². The van der Waals surface area contributed by atoms with Crippen molar-refractivity contribution >= 4 is 11.9 Å². The number of rotatable bonds is 2. The van der Waals surface area contributed by atoms with Gasteiger partial charge in [0.2, 0.25) is 0 Å². The Morgan fingerprint density at radius 1 is 1.13 bits per heavy atom. The van der Waals surface area contributed by atoms with Gasteiger partial charge in [0.05, 0.1) is 11.5 Å². The molecule has 1 aliphatic carbocycles. The maximum absolute atomic E-state index is 12.5. The van der Waals surface area contributed by atoms with Crippen LogP contribution >= 0.6 is 0 Å². The van der Waals surface area contributed by atoms with Gasteiger partial charge < -0.3 is 10.0 Å². The smallest absolute Gasteiger partial charge is 0.416 e. The van der Waals surface area contributed by atoms with Crippen LogP contribution in [0, 0.1) is 11.3 Å². The average Bonchev–Trinajstić information content (AvgIpc) is 3.21. The maximum atomic E-state index is 12.5. The normalized spacial score (nSPS) is 22.9. The minimum absolute atomic E-state index is 0.178. The number of benzene rings is 1. The quantitative estimate of drug-likeness (QED) is 0.908. The average molecular weight is 327 g/mol. The Kier molecular flexibility index (Phi) is 3.61. The van der Waals surface area contributed by atoms with Crippen molar-refractivity contribution < 1.29 is 27.9 Å². The number of aliphatic carboxylic acids is 1. The number of amides is 1. The van der Waals surface area contributed by atoms with E-state index in [1.807, 2.05) is 0 Å². The molecule has 3 rings (SSSR count). The minimum atomic E-state index is -4.42. The number of nitrogens with zero attached hydrogens (tertiary/aromatic N) is 1. The van der Waals surface area contributed by atoms with Crippen molar-refractivity contribution in [2.75, 3.05) is 13.1 Å². The second-order valence-corrected chi connectivity index (χ2v) is 6.32. The third-order valence-corrected chi connectivity index (χ3v) is 4.99. The highest BCUT2D eigenvalue weighted by atomic mass is 19.4. The van der Waals surface area contributed by atoms with E-state index in [1.54, 1.807) is 4.90 Å². The molecule has 1 aromatic carbocycles. The second kappa shape index (κ2) is 5.25. The molecule has 2 fully saturated rings. The lowest BCUT2D eigenvalue weighted by molar-refractivity contribution is -0.140. The zero-order valence-corrected chi connectivity index (χ0v) is 12.3. The molecule has 0 aromatic heterocycles. The van der Waals surface area contributed by atoms with E-state index in [2.05, 4.69) is 0 Å². The number of alkyl halides is 3. The number of hydrogen-bond donors (Lipinski definition) is 1. The molecule has 1 saturated heterocycles. The first kappa shape index (κ1) is 15.8. The van der Waals surface area contributed by atoms with Gasteiger partial charge in [-0.2, -0.15) is 13.2 Å². The van der Waals surface area contributed by atoms with E-state index in [-0.39, 0.29) is 22.8 Å². The van der Waals surface area contributed by atoms with Crippen LogP contribution in [0.3, 0.4) is 0 Å². The van der Waals surface area contributed by atoms with Gasteiger partial charge in [0.1, 0.15) is 0 Å². The number of carboxylic acids is 1. The first-order chi connectivity index (χ1) is 10.7. The Balaban J connectivity index is 1.63. The molecule has 1 saturated carbocycles. The number of piperidine rings is 1. The molecule has 1 heterocycles. The van der Waals surface area contributed by atoms with Crippen LogP contribution in [0.2, 0.25) is 0 Å². The molecule has 0 bridgehead atoms. The Labute approximate surface area is 130 Å². The zero-order valence-electron chi connectivity index (χ0n) is 12.3. The molecule has 1 unspecified atom stereocenters. The van der Waals surface area contributed by atoms with Gasteiger partial charge in [-0.25, -0.2) is 0 Å². The summed E-state index contributed by atoms with van der Waals surface area (Å²) in [6.07, 6.45) is -2.49. The Morgan fingerprint density at radius 2 is 1.70 bits per heavy atom. The van der Waals surface area contributed by atoms with E-state index < -0.39 is 17.7 Å². The van der Waals surface area contributed by atoms with Gasteiger partial charge in [0.15, 0.2) is 0 Å². The van der Waals surface area contributed by atoms with E-state index in [0.29, 0.717) is 32.4 Å². The van der Waals surface area contributed by atoms with Crippen molar-refractivity contribution in [3.63, 3.8) is 0 Å². The summed E-state index contributed by atoms with van der Waals surface area (Å²) < 4.78 is 37.6. The molecule has 2 aliphatic rings. The van der Waals surface area contributed by atoms with E-state index in [0.717, 1.165) is 12.1 Å². The summed E-state index contributed by atoms with van der Waals surface area (Å²) in [5.41, 5.74) is -0.739. The molecule has 1 aliphatic heterocycles. The van der Waals surface area contributed by atoms with Crippen LogP contribution in [0.15, 0.2) is 24.3 Å². The Bertz CT molecular complexity index is 631. The third-order valence-electron chi connectivity index (χ3n) is 4.99. The number of hydrogen-bond acceptors (Lipinski definition) is 2. The van der Waals surface area contributed by atoms with Crippen LogP contribution in [0.25, 0.3) is 0 Å². The molecular weight excluding hydrogens is 311 g/mol. The Hall–Kier alpha value is -2.05. The zero-order chi connectivity index (χ0) is 16.8. The van der Waals surface area contributed by atoms with Crippen LogP contribution in [-0.4, -0.2) is 35.0 Å². The van der Waals surface area contributed by atoms with Crippen LogP contribution in [0.4, 0.5) is 13.2 Å². The molecular formula is C16H16F3NO3. The first-order valence-corrected chi connectivity index (χ1v) is 7.42. The number of likely N-dealkylation sites (tertiary alicyclic amines) is 1. The van der Waals surface area contributed by atoms with Crippen molar-refractivity contribution in [2.24, 2.45) is 11.3 Å². The van der Waals surface area contributed by atoms with Crippen molar-refractivity contribution in [2.45, 2.75) is 25.4 Å². The van der Waals surface area contributed by atoms with Gasteiger partial charge in [-0.15, -0.1) is 0 Å². The number of halogens is 3. The summed E-state index contributed by atoms with van der Waals surface area (Å²) in [5, 5.41) is 9.04. The molecule has 1 aromatic rings. The highest BCUT2D eigenvalue weighted by Gasteiger charge is 2.59. The highest BCUT2D eigenvalue weighted by molar-refractivity contribution is 5.94. The third kappa shape index (κ3) is 2.92. The lowest BCUT2D eigenvalue weighted by Gasteiger charge is -2.32. The summed E-state index contributed by atoms with van der Waals surface area (Å²) in [5.74, 6) is -1.40. The molecule has 1 spiro atoms. The number of carbonyl (C=O) groups is 2. The summed E-state index contributed by atoms with van der Waals surface area (Å²) in [7, 11) is 0. The molecule has 23 heavy (non-hydrogen) atoms. The van der Waals surface area contributed by atoms with Crippen LogP contribution < -0.4 is 0 Å². The van der Waals surface area contributed by atoms with Gasteiger partial charge in [0.25, 0.3) is 5.91 Å². The minimum Gasteiger partial charge on any atom is -0.481 e. The van der Waals surface area contributed by atoms with Gasteiger partial charge in [-0.1, -0.05) is 0 Å². The molecule has 7 heteroatoms. The van der Waals surface area contributed by atoms with E-state index in [4.69, 9.17) is 5.11 Å². The standard InChI is InChI=1S/C16H16F3NO3/c17-16(18,19)11-3-1-10(2-4-11)13(21)20-7-5-15(6-8-20)9-12(15)14(22)23/h1-4,12H,5-9H2,(H,22,23). The fourth-order valence-corrected chi connectivity index (χ4v) is 3.39. The van der Waals surface area contributed by atoms with E-state index in [9.17, 15) is 22.8 Å². The predicted octanol–water partition coefficient (Wildman–Crippen LogP) is 3.03. The van der Waals surface area contributed by atoms with Crippen molar-refractivity contribution in [3.8, 4) is 0 Å². The topological polar surface area (TPSA) is 57.6 Å². The largest absolute Gasteiger partial charge is 0.481 e. The monoisotopic (exact) mass is 327 g/mol. The molecule has 4 nitrogen and oxygen atoms in total. The van der Waals surface area contributed by atoms with E-state index >= 15 is 0 Å².